The van der Waals surface area contributed by atoms with Crippen molar-refractivity contribution in [1.82, 2.24) is 14.7 Å². The molecule has 30 heavy (non-hydrogen) atoms. The van der Waals surface area contributed by atoms with Crippen LogP contribution in [-0.2, 0) is 19.2 Å². The first kappa shape index (κ1) is 25.5. The second-order valence-corrected chi connectivity index (χ2v) is 7.22. The van der Waals surface area contributed by atoms with E-state index in [0.29, 0.717) is 39.0 Å². The molecule has 0 bridgehead atoms. The summed E-state index contributed by atoms with van der Waals surface area (Å²) < 4.78 is 1.61. The number of carboxylic acids is 4. The lowest BCUT2D eigenvalue weighted by Crippen LogP contribution is -2.45. The normalized spacial score (nSPS) is 18.9. The fraction of sp³-hybridized carbons (Fsp3) is 0.722. The van der Waals surface area contributed by atoms with Crippen molar-refractivity contribution in [2.75, 3.05) is 72.0 Å². The van der Waals surface area contributed by atoms with Crippen LogP contribution in [0, 0.1) is 0 Å². The zero-order valence-corrected chi connectivity index (χ0v) is 17.0. The van der Waals surface area contributed by atoms with Gasteiger partial charge in [-0.3, -0.25) is 29.1 Å². The third-order valence-electron chi connectivity index (χ3n) is 4.65. The zero-order valence-electron chi connectivity index (χ0n) is 17.0. The van der Waals surface area contributed by atoms with Crippen molar-refractivity contribution in [2.24, 2.45) is 0 Å². The molecule has 0 fully saturated rings. The van der Waals surface area contributed by atoms with Crippen LogP contribution < -0.4 is 0 Å². The van der Waals surface area contributed by atoms with Gasteiger partial charge in [-0.05, 0) is 13.0 Å². The van der Waals surface area contributed by atoms with Gasteiger partial charge in [-0.2, -0.15) is 0 Å². The monoisotopic (exact) mass is 431 g/mol. The molecule has 1 heterocycles. The third kappa shape index (κ3) is 12.1. The first-order valence-electron chi connectivity index (χ1n) is 9.77. The lowest BCUT2D eigenvalue weighted by Gasteiger charge is -2.28. The Labute approximate surface area is 174 Å². The molecule has 0 amide bonds. The van der Waals surface area contributed by atoms with Crippen molar-refractivity contribution in [3.63, 3.8) is 0 Å². The lowest BCUT2D eigenvalue weighted by molar-refractivity contribution is -0.515. The van der Waals surface area contributed by atoms with Crippen LogP contribution in [0.15, 0.2) is 0 Å². The highest BCUT2D eigenvalue weighted by atomic mass is 16.4. The molecule has 4 N–H and O–H groups in total. The Morgan fingerprint density at radius 2 is 1.13 bits per heavy atom. The molecule has 12 nitrogen and oxygen atoms in total. The van der Waals surface area contributed by atoms with Crippen molar-refractivity contribution in [3.8, 4) is 0 Å². The van der Waals surface area contributed by atoms with Gasteiger partial charge < -0.3 is 20.4 Å². The van der Waals surface area contributed by atoms with Crippen LogP contribution in [0.2, 0.25) is 0 Å². The highest BCUT2D eigenvalue weighted by Crippen LogP contribution is 2.01. The van der Waals surface area contributed by atoms with Crippen LogP contribution in [0.25, 0.3) is 0 Å². The fourth-order valence-corrected chi connectivity index (χ4v) is 3.20. The van der Waals surface area contributed by atoms with Gasteiger partial charge in [0.1, 0.15) is 6.54 Å². The maximum Gasteiger partial charge on any atom is 0.369 e. The minimum absolute atomic E-state index is 0.170. The molecular weight excluding hydrogens is 400 g/mol. The van der Waals surface area contributed by atoms with E-state index < -0.39 is 23.9 Å². The van der Waals surface area contributed by atoms with Crippen molar-refractivity contribution >= 4 is 30.1 Å². The Kier molecular flexibility index (Phi) is 11.6. The van der Waals surface area contributed by atoms with Crippen LogP contribution in [0.4, 0.5) is 0 Å². The van der Waals surface area contributed by atoms with Crippen LogP contribution in [0.1, 0.15) is 12.8 Å². The van der Waals surface area contributed by atoms with Gasteiger partial charge in [0.2, 0.25) is 6.54 Å². The van der Waals surface area contributed by atoms with Crippen LogP contribution in [0.3, 0.4) is 0 Å². The van der Waals surface area contributed by atoms with E-state index >= 15 is 0 Å². The molecule has 1 aliphatic heterocycles. The highest BCUT2D eigenvalue weighted by molar-refractivity contribution is 5.71. The largest absolute Gasteiger partial charge is 0.480 e. The predicted molar refractivity (Wildman–Crippen MR) is 105 cm³/mol. The van der Waals surface area contributed by atoms with E-state index in [0.717, 1.165) is 0 Å². The number of carbonyl (C=O) groups is 4. The summed E-state index contributed by atoms with van der Waals surface area (Å²) in [6.07, 6.45) is 2.94. The average molecular weight is 431 g/mol. The van der Waals surface area contributed by atoms with Gasteiger partial charge in [-0.15, -0.1) is 0 Å². The van der Waals surface area contributed by atoms with Crippen molar-refractivity contribution < 1.29 is 44.2 Å². The Bertz CT molecular complexity index is 640. The molecule has 1 aliphatic rings. The van der Waals surface area contributed by atoms with Gasteiger partial charge in [0.25, 0.3) is 0 Å². The molecule has 1 rings (SSSR count). The summed E-state index contributed by atoms with van der Waals surface area (Å²) >= 11 is 0. The lowest BCUT2D eigenvalue weighted by atomic mass is 10.2. The molecule has 0 spiro atoms. The summed E-state index contributed by atoms with van der Waals surface area (Å²) in [6, 6.07) is 0. The maximum absolute atomic E-state index is 11.2. The van der Waals surface area contributed by atoms with Crippen molar-refractivity contribution in [1.29, 1.82) is 0 Å². The number of aliphatic carboxylic acids is 4. The zero-order chi connectivity index (χ0) is 22.5. The molecule has 0 aromatic heterocycles. The van der Waals surface area contributed by atoms with Gasteiger partial charge >= 0.3 is 23.9 Å². The Morgan fingerprint density at radius 1 is 0.667 bits per heavy atom. The predicted octanol–water partition coefficient (Wildman–Crippen LogP) is -1.89. The number of hydrogen-bond acceptors (Lipinski definition) is 7. The van der Waals surface area contributed by atoms with E-state index in [1.807, 2.05) is 0 Å². The number of rotatable bonds is 8. The Balaban J connectivity index is 2.99. The summed E-state index contributed by atoms with van der Waals surface area (Å²) in [7, 11) is 0. The number of hydrogen-bond donors (Lipinski definition) is 4. The minimum atomic E-state index is -1.04. The van der Waals surface area contributed by atoms with E-state index in [1.54, 1.807) is 25.5 Å². The third-order valence-corrected chi connectivity index (χ3v) is 4.65. The van der Waals surface area contributed by atoms with E-state index in [9.17, 15) is 19.2 Å². The molecule has 0 saturated carbocycles. The SMILES string of the molecule is O=C(O)CN1CC=[N+](CC(=O)O)CCCCN(CC(=O)O)CCN(CC(=O)O)CC1. The van der Waals surface area contributed by atoms with E-state index in [-0.39, 0.29) is 45.8 Å². The molecular formula is C18H31N4O8+. The Morgan fingerprint density at radius 3 is 1.63 bits per heavy atom. The topological polar surface area (TPSA) is 162 Å². The molecule has 0 aliphatic carbocycles. The molecule has 0 aromatic carbocycles. The molecule has 0 atom stereocenters. The standard InChI is InChI=1S/C18H30N4O8/c23-15(24)11-19-3-1-2-4-20(12-16(25)26)6-8-22(14-18(29)30)10-9-21(7-5-19)13-17(27)28/h5H,1-4,6-14H2,(H3-,23,24,25,26,27,28,29,30)/p+1. The summed E-state index contributed by atoms with van der Waals surface area (Å²) in [4.78, 5) is 49.6. The first-order chi connectivity index (χ1) is 14.2. The fourth-order valence-electron chi connectivity index (χ4n) is 3.20. The number of nitrogens with zero attached hydrogens (tertiary/aromatic N) is 4. The number of carboxylic acid groups (broad SMARTS) is 4. The van der Waals surface area contributed by atoms with Gasteiger partial charge in [-0.1, -0.05) is 0 Å². The quantitative estimate of drug-likeness (QED) is 0.318. The maximum atomic E-state index is 11.2. The van der Waals surface area contributed by atoms with Gasteiger partial charge in [0.15, 0.2) is 6.21 Å². The van der Waals surface area contributed by atoms with Gasteiger partial charge in [-0.25, -0.2) is 9.37 Å². The molecule has 0 saturated heterocycles. The first-order valence-corrected chi connectivity index (χ1v) is 9.77. The molecule has 0 radical (unpaired) electrons. The summed E-state index contributed by atoms with van der Waals surface area (Å²) in [5, 5.41) is 36.5. The second-order valence-electron chi connectivity index (χ2n) is 7.22. The summed E-state index contributed by atoms with van der Waals surface area (Å²) in [5.74, 6) is -4.04. The van der Waals surface area contributed by atoms with Gasteiger partial charge in [0.05, 0.1) is 26.2 Å². The van der Waals surface area contributed by atoms with E-state index in [2.05, 4.69) is 0 Å². The van der Waals surface area contributed by atoms with Crippen molar-refractivity contribution in [3.05, 3.63) is 0 Å². The summed E-state index contributed by atoms with van der Waals surface area (Å²) in [5.41, 5.74) is 0. The van der Waals surface area contributed by atoms with Gasteiger partial charge in [0, 0.05) is 32.6 Å². The summed E-state index contributed by atoms with van der Waals surface area (Å²) in [6.45, 7) is 1.56. The van der Waals surface area contributed by atoms with Crippen LogP contribution in [0.5, 0.6) is 0 Å². The second kappa shape index (κ2) is 13.6. The molecule has 0 aromatic rings. The van der Waals surface area contributed by atoms with Crippen LogP contribution in [-0.4, -0.2) is 142 Å². The molecule has 0 unspecified atom stereocenters. The molecule has 12 heteroatoms. The highest BCUT2D eigenvalue weighted by Gasteiger charge is 2.19. The minimum Gasteiger partial charge on any atom is -0.480 e. The van der Waals surface area contributed by atoms with E-state index in [4.69, 9.17) is 20.4 Å². The van der Waals surface area contributed by atoms with Crippen LogP contribution >= 0.6 is 0 Å². The van der Waals surface area contributed by atoms with E-state index in [1.165, 1.54) is 0 Å². The Hall–Kier alpha value is -2.57. The van der Waals surface area contributed by atoms with Crippen molar-refractivity contribution in [2.45, 2.75) is 12.8 Å². The smallest absolute Gasteiger partial charge is 0.369 e. The molecule has 170 valence electrons. The average Bonchev–Trinajstić information content (AvgIpc) is 2.61.